The standard InChI is InChI=1S/C15H20F3NO/c1-10-3-4-12(9-14(10)15(16,17)18)19-11-5-7-13(20-2)8-6-11/h3-4,9,11,13,19H,5-8H2,1-2H3. The lowest BCUT2D eigenvalue weighted by molar-refractivity contribution is -0.138. The summed E-state index contributed by atoms with van der Waals surface area (Å²) in [6.45, 7) is 1.48. The molecule has 1 aromatic rings. The summed E-state index contributed by atoms with van der Waals surface area (Å²) in [5.74, 6) is 0. The van der Waals surface area contributed by atoms with Crippen LogP contribution in [-0.4, -0.2) is 19.3 Å². The molecule has 1 saturated carbocycles. The van der Waals surface area contributed by atoms with Gasteiger partial charge in [-0.2, -0.15) is 13.2 Å². The topological polar surface area (TPSA) is 21.3 Å². The summed E-state index contributed by atoms with van der Waals surface area (Å²) in [5.41, 5.74) is 0.239. The van der Waals surface area contributed by atoms with Crippen LogP contribution in [0.5, 0.6) is 0 Å². The summed E-state index contributed by atoms with van der Waals surface area (Å²) in [7, 11) is 1.70. The van der Waals surface area contributed by atoms with Gasteiger partial charge in [0.15, 0.2) is 0 Å². The smallest absolute Gasteiger partial charge is 0.382 e. The normalized spacial score (nSPS) is 23.6. The van der Waals surface area contributed by atoms with Gasteiger partial charge in [-0.15, -0.1) is 0 Å². The van der Waals surface area contributed by atoms with Crippen LogP contribution in [0.2, 0.25) is 0 Å². The van der Waals surface area contributed by atoms with Crippen LogP contribution in [0.15, 0.2) is 18.2 Å². The number of methoxy groups -OCH3 is 1. The van der Waals surface area contributed by atoms with Gasteiger partial charge in [0.2, 0.25) is 0 Å². The molecule has 1 N–H and O–H groups in total. The lowest BCUT2D eigenvalue weighted by Crippen LogP contribution is -2.29. The third kappa shape index (κ3) is 3.66. The molecule has 2 rings (SSSR count). The van der Waals surface area contributed by atoms with Crippen molar-refractivity contribution in [2.75, 3.05) is 12.4 Å². The average Bonchev–Trinajstić information content (AvgIpc) is 2.40. The Morgan fingerprint density at radius 3 is 2.35 bits per heavy atom. The zero-order chi connectivity index (χ0) is 14.8. The largest absolute Gasteiger partial charge is 0.416 e. The van der Waals surface area contributed by atoms with Crippen LogP contribution in [0.25, 0.3) is 0 Å². The van der Waals surface area contributed by atoms with Gasteiger partial charge in [0, 0.05) is 18.8 Å². The molecular formula is C15H20F3NO. The highest BCUT2D eigenvalue weighted by atomic mass is 19.4. The van der Waals surface area contributed by atoms with Gasteiger partial charge in [0.25, 0.3) is 0 Å². The molecule has 1 fully saturated rings. The summed E-state index contributed by atoms with van der Waals surface area (Å²) in [6, 6.07) is 4.67. The molecule has 1 aliphatic rings. The Morgan fingerprint density at radius 2 is 1.80 bits per heavy atom. The first kappa shape index (κ1) is 15.2. The van der Waals surface area contributed by atoms with Gasteiger partial charge in [0.05, 0.1) is 11.7 Å². The monoisotopic (exact) mass is 287 g/mol. The number of aryl methyl sites for hydroxylation is 1. The van der Waals surface area contributed by atoms with E-state index in [2.05, 4.69) is 5.32 Å². The van der Waals surface area contributed by atoms with Crippen molar-refractivity contribution in [2.24, 2.45) is 0 Å². The van der Waals surface area contributed by atoms with Crippen LogP contribution in [0.1, 0.15) is 36.8 Å². The number of anilines is 1. The molecule has 0 spiro atoms. The Hall–Kier alpha value is -1.23. The van der Waals surface area contributed by atoms with Gasteiger partial charge >= 0.3 is 6.18 Å². The molecular weight excluding hydrogens is 267 g/mol. The van der Waals surface area contributed by atoms with Crippen LogP contribution in [-0.2, 0) is 10.9 Å². The first-order valence-corrected chi connectivity index (χ1v) is 6.87. The first-order chi connectivity index (χ1) is 9.40. The molecule has 0 bridgehead atoms. The fourth-order valence-electron chi connectivity index (χ4n) is 2.70. The van der Waals surface area contributed by atoms with E-state index in [0.717, 1.165) is 25.7 Å². The molecule has 112 valence electrons. The van der Waals surface area contributed by atoms with Crippen molar-refractivity contribution >= 4 is 5.69 Å². The maximum atomic E-state index is 12.9. The van der Waals surface area contributed by atoms with Gasteiger partial charge in [-0.1, -0.05) is 6.07 Å². The minimum atomic E-state index is -4.30. The lowest BCUT2D eigenvalue weighted by atomic mass is 9.92. The molecule has 20 heavy (non-hydrogen) atoms. The second-order valence-electron chi connectivity index (χ2n) is 5.38. The van der Waals surface area contributed by atoms with E-state index in [1.54, 1.807) is 13.2 Å². The van der Waals surface area contributed by atoms with E-state index in [4.69, 9.17) is 4.74 Å². The van der Waals surface area contributed by atoms with Crippen molar-refractivity contribution in [2.45, 2.75) is 50.9 Å². The summed E-state index contributed by atoms with van der Waals surface area (Å²) in [5, 5.41) is 3.21. The third-order valence-electron chi connectivity index (χ3n) is 3.92. The number of alkyl halides is 3. The van der Waals surface area contributed by atoms with Crippen LogP contribution in [0.4, 0.5) is 18.9 Å². The Balaban J connectivity index is 2.04. The minimum absolute atomic E-state index is 0.227. The second-order valence-corrected chi connectivity index (χ2v) is 5.38. The first-order valence-electron chi connectivity index (χ1n) is 6.87. The second kappa shape index (κ2) is 6.04. The Kier molecular flexibility index (Phi) is 4.58. The van der Waals surface area contributed by atoms with E-state index in [1.807, 2.05) is 0 Å². The molecule has 5 heteroatoms. The highest BCUT2D eigenvalue weighted by Crippen LogP contribution is 2.34. The van der Waals surface area contributed by atoms with E-state index in [-0.39, 0.29) is 17.7 Å². The Morgan fingerprint density at radius 1 is 1.15 bits per heavy atom. The van der Waals surface area contributed by atoms with E-state index >= 15 is 0 Å². The van der Waals surface area contributed by atoms with E-state index < -0.39 is 11.7 Å². The third-order valence-corrected chi connectivity index (χ3v) is 3.92. The van der Waals surface area contributed by atoms with Gasteiger partial charge in [0.1, 0.15) is 0 Å². The molecule has 0 aromatic heterocycles. The Labute approximate surface area is 117 Å². The molecule has 0 amide bonds. The number of hydrogen-bond donors (Lipinski definition) is 1. The quantitative estimate of drug-likeness (QED) is 0.890. The molecule has 0 heterocycles. The predicted octanol–water partition coefficient (Wildman–Crippen LogP) is 4.38. The minimum Gasteiger partial charge on any atom is -0.382 e. The van der Waals surface area contributed by atoms with Gasteiger partial charge < -0.3 is 10.1 Å². The highest BCUT2D eigenvalue weighted by Gasteiger charge is 2.32. The van der Waals surface area contributed by atoms with Crippen molar-refractivity contribution < 1.29 is 17.9 Å². The number of nitrogens with one attached hydrogen (secondary N) is 1. The van der Waals surface area contributed by atoms with Crippen molar-refractivity contribution in [1.29, 1.82) is 0 Å². The lowest BCUT2D eigenvalue weighted by Gasteiger charge is -2.29. The molecule has 0 unspecified atom stereocenters. The van der Waals surface area contributed by atoms with E-state index in [1.165, 1.54) is 19.1 Å². The molecule has 0 aliphatic heterocycles. The maximum Gasteiger partial charge on any atom is 0.416 e. The number of rotatable bonds is 3. The molecule has 1 aliphatic carbocycles. The summed E-state index contributed by atoms with van der Waals surface area (Å²) in [6.07, 6.45) is -0.258. The van der Waals surface area contributed by atoms with Crippen LogP contribution >= 0.6 is 0 Å². The summed E-state index contributed by atoms with van der Waals surface area (Å²) >= 11 is 0. The number of ether oxygens (including phenoxy) is 1. The van der Waals surface area contributed by atoms with Crippen molar-refractivity contribution in [3.8, 4) is 0 Å². The number of halogens is 3. The van der Waals surface area contributed by atoms with Crippen LogP contribution < -0.4 is 5.32 Å². The van der Waals surface area contributed by atoms with Crippen LogP contribution in [0.3, 0.4) is 0 Å². The number of hydrogen-bond acceptors (Lipinski definition) is 2. The summed E-state index contributed by atoms with van der Waals surface area (Å²) < 4.78 is 43.9. The average molecular weight is 287 g/mol. The number of benzene rings is 1. The maximum absolute atomic E-state index is 12.9. The van der Waals surface area contributed by atoms with E-state index in [9.17, 15) is 13.2 Å². The Bertz CT molecular complexity index is 451. The van der Waals surface area contributed by atoms with Crippen LogP contribution in [0, 0.1) is 6.92 Å². The fourth-order valence-corrected chi connectivity index (χ4v) is 2.70. The highest BCUT2D eigenvalue weighted by molar-refractivity contribution is 5.50. The van der Waals surface area contributed by atoms with Crippen molar-refractivity contribution in [3.05, 3.63) is 29.3 Å². The molecule has 0 atom stereocenters. The fraction of sp³-hybridized carbons (Fsp3) is 0.600. The van der Waals surface area contributed by atoms with Crippen molar-refractivity contribution in [3.63, 3.8) is 0 Å². The zero-order valence-corrected chi connectivity index (χ0v) is 11.8. The molecule has 1 aromatic carbocycles. The van der Waals surface area contributed by atoms with Gasteiger partial charge in [-0.05, 0) is 50.3 Å². The SMILES string of the molecule is COC1CCC(Nc2ccc(C)c(C(F)(F)F)c2)CC1. The van der Waals surface area contributed by atoms with Gasteiger partial charge in [-0.3, -0.25) is 0 Å². The van der Waals surface area contributed by atoms with Crippen molar-refractivity contribution in [1.82, 2.24) is 0 Å². The molecule has 0 radical (unpaired) electrons. The van der Waals surface area contributed by atoms with E-state index in [0.29, 0.717) is 5.69 Å². The summed E-state index contributed by atoms with van der Waals surface area (Å²) in [4.78, 5) is 0. The van der Waals surface area contributed by atoms with Gasteiger partial charge in [-0.25, -0.2) is 0 Å². The predicted molar refractivity (Wildman–Crippen MR) is 72.9 cm³/mol. The zero-order valence-electron chi connectivity index (χ0n) is 11.8. The molecule has 2 nitrogen and oxygen atoms in total. The molecule has 0 saturated heterocycles.